The van der Waals surface area contributed by atoms with Gasteiger partial charge in [-0.2, -0.15) is 0 Å². The second-order valence-electron chi connectivity index (χ2n) is 5.61. The van der Waals surface area contributed by atoms with Crippen molar-refractivity contribution in [1.29, 1.82) is 0 Å². The minimum absolute atomic E-state index is 0.000301. The van der Waals surface area contributed by atoms with Crippen molar-refractivity contribution >= 4 is 17.5 Å². The van der Waals surface area contributed by atoms with E-state index in [-0.39, 0.29) is 30.2 Å². The Morgan fingerprint density at radius 3 is 2.71 bits per heavy atom. The van der Waals surface area contributed by atoms with Crippen LogP contribution in [-0.4, -0.2) is 43.0 Å². The van der Waals surface area contributed by atoms with Crippen LogP contribution in [0.2, 0.25) is 0 Å². The average molecular weight is 290 g/mol. The van der Waals surface area contributed by atoms with Crippen molar-refractivity contribution in [2.75, 3.05) is 25.6 Å². The lowest BCUT2D eigenvalue weighted by molar-refractivity contribution is -0.130. The maximum Gasteiger partial charge on any atom is 0.229 e. The lowest BCUT2D eigenvalue weighted by Gasteiger charge is -2.23. The number of hydrogen-bond acceptors (Lipinski definition) is 3. The summed E-state index contributed by atoms with van der Waals surface area (Å²) in [5.74, 6) is -0.374. The van der Waals surface area contributed by atoms with Crippen molar-refractivity contribution in [3.63, 3.8) is 0 Å². The smallest absolute Gasteiger partial charge is 0.229 e. The quantitative estimate of drug-likeness (QED) is 0.900. The van der Waals surface area contributed by atoms with Crippen molar-refractivity contribution in [2.45, 2.75) is 26.3 Å². The van der Waals surface area contributed by atoms with Crippen molar-refractivity contribution in [2.24, 2.45) is 5.92 Å². The standard InChI is InChI=1S/C16H22N2O3/c1-11-4-6-14(7-5-11)17-16(20)13-8-15(19)18(9-13)12(2)10-21-3/h4-7,12-13H,8-10H2,1-3H3,(H,17,20)/t12-,13+/m0/s1. The summed E-state index contributed by atoms with van der Waals surface area (Å²) in [7, 11) is 1.61. The van der Waals surface area contributed by atoms with Gasteiger partial charge in [0.25, 0.3) is 0 Å². The zero-order chi connectivity index (χ0) is 15.4. The molecule has 2 amide bonds. The summed E-state index contributed by atoms with van der Waals surface area (Å²) in [6, 6.07) is 7.63. The molecular formula is C16H22N2O3. The van der Waals surface area contributed by atoms with E-state index < -0.39 is 0 Å². The number of nitrogens with one attached hydrogen (secondary N) is 1. The molecule has 2 atom stereocenters. The molecule has 0 bridgehead atoms. The van der Waals surface area contributed by atoms with E-state index in [0.717, 1.165) is 11.3 Å². The van der Waals surface area contributed by atoms with Crippen LogP contribution in [0, 0.1) is 12.8 Å². The number of amides is 2. The van der Waals surface area contributed by atoms with Gasteiger partial charge in [-0.15, -0.1) is 0 Å². The van der Waals surface area contributed by atoms with Crippen molar-refractivity contribution in [3.8, 4) is 0 Å². The van der Waals surface area contributed by atoms with Gasteiger partial charge in [-0.05, 0) is 26.0 Å². The van der Waals surface area contributed by atoms with Crippen LogP contribution in [0.5, 0.6) is 0 Å². The Labute approximate surface area is 125 Å². The Morgan fingerprint density at radius 1 is 1.43 bits per heavy atom. The largest absolute Gasteiger partial charge is 0.383 e. The Bertz CT molecular complexity index is 513. The molecule has 0 saturated carbocycles. The highest BCUT2D eigenvalue weighted by molar-refractivity contribution is 5.97. The van der Waals surface area contributed by atoms with Crippen LogP contribution in [0.25, 0.3) is 0 Å². The van der Waals surface area contributed by atoms with Crippen LogP contribution in [-0.2, 0) is 14.3 Å². The van der Waals surface area contributed by atoms with Gasteiger partial charge in [-0.25, -0.2) is 0 Å². The monoisotopic (exact) mass is 290 g/mol. The van der Waals surface area contributed by atoms with Crippen molar-refractivity contribution in [3.05, 3.63) is 29.8 Å². The third-order valence-corrected chi connectivity index (χ3v) is 3.79. The predicted octanol–water partition coefficient (Wildman–Crippen LogP) is 1.82. The lowest BCUT2D eigenvalue weighted by Crippen LogP contribution is -2.38. The molecule has 1 aliphatic rings. The summed E-state index contributed by atoms with van der Waals surface area (Å²) in [5.41, 5.74) is 1.91. The summed E-state index contributed by atoms with van der Waals surface area (Å²) < 4.78 is 5.07. The van der Waals surface area contributed by atoms with Gasteiger partial charge >= 0.3 is 0 Å². The van der Waals surface area contributed by atoms with Crippen LogP contribution in [0.1, 0.15) is 18.9 Å². The van der Waals surface area contributed by atoms with Gasteiger partial charge in [0.05, 0.1) is 18.6 Å². The predicted molar refractivity (Wildman–Crippen MR) is 81.0 cm³/mol. The highest BCUT2D eigenvalue weighted by Crippen LogP contribution is 2.22. The zero-order valence-electron chi connectivity index (χ0n) is 12.8. The molecule has 0 radical (unpaired) electrons. The highest BCUT2D eigenvalue weighted by atomic mass is 16.5. The number of likely N-dealkylation sites (tertiary alicyclic amines) is 1. The molecule has 1 aromatic rings. The van der Waals surface area contributed by atoms with Crippen LogP contribution >= 0.6 is 0 Å². The molecule has 0 unspecified atom stereocenters. The molecule has 1 aromatic carbocycles. The van der Waals surface area contributed by atoms with Gasteiger partial charge in [0.1, 0.15) is 0 Å². The lowest BCUT2D eigenvalue weighted by atomic mass is 10.1. The van der Waals surface area contributed by atoms with E-state index in [4.69, 9.17) is 4.74 Å². The van der Waals surface area contributed by atoms with Gasteiger partial charge < -0.3 is 15.0 Å². The fraction of sp³-hybridized carbons (Fsp3) is 0.500. The molecule has 1 saturated heterocycles. The Kier molecular flexibility index (Phi) is 4.96. The number of carbonyl (C=O) groups is 2. The molecule has 21 heavy (non-hydrogen) atoms. The van der Waals surface area contributed by atoms with E-state index in [0.29, 0.717) is 13.2 Å². The molecule has 0 spiro atoms. The molecule has 0 aliphatic carbocycles. The second kappa shape index (κ2) is 6.72. The number of anilines is 1. The number of hydrogen-bond donors (Lipinski definition) is 1. The Hall–Kier alpha value is -1.88. The topological polar surface area (TPSA) is 58.6 Å². The number of ether oxygens (including phenoxy) is 1. The maximum atomic E-state index is 12.2. The van der Waals surface area contributed by atoms with Crippen molar-refractivity contribution in [1.82, 2.24) is 4.90 Å². The SMILES string of the molecule is COC[C@H](C)N1C[C@H](C(=O)Nc2ccc(C)cc2)CC1=O. The number of nitrogens with zero attached hydrogens (tertiary/aromatic N) is 1. The van der Waals surface area contributed by atoms with E-state index in [1.54, 1.807) is 12.0 Å². The molecule has 1 heterocycles. The second-order valence-corrected chi connectivity index (χ2v) is 5.61. The normalized spacial score (nSPS) is 19.7. The first-order valence-corrected chi connectivity index (χ1v) is 7.17. The fourth-order valence-electron chi connectivity index (χ4n) is 2.55. The van der Waals surface area contributed by atoms with Gasteiger partial charge in [-0.1, -0.05) is 17.7 Å². The summed E-state index contributed by atoms with van der Waals surface area (Å²) in [6.45, 7) is 4.87. The van der Waals surface area contributed by atoms with Crippen molar-refractivity contribution < 1.29 is 14.3 Å². The first-order chi connectivity index (χ1) is 10.0. The summed E-state index contributed by atoms with van der Waals surface area (Å²) in [5, 5.41) is 2.87. The molecule has 114 valence electrons. The molecular weight excluding hydrogens is 268 g/mol. The minimum Gasteiger partial charge on any atom is -0.383 e. The molecule has 5 nitrogen and oxygen atoms in total. The van der Waals surface area contributed by atoms with E-state index in [1.807, 2.05) is 38.1 Å². The van der Waals surface area contributed by atoms with Gasteiger partial charge in [0.2, 0.25) is 11.8 Å². The maximum absolute atomic E-state index is 12.2. The van der Waals surface area contributed by atoms with E-state index in [9.17, 15) is 9.59 Å². The molecule has 1 aliphatic heterocycles. The van der Waals surface area contributed by atoms with E-state index in [1.165, 1.54) is 0 Å². The molecule has 1 fully saturated rings. The van der Waals surface area contributed by atoms with E-state index in [2.05, 4.69) is 5.32 Å². The van der Waals surface area contributed by atoms with Gasteiger partial charge in [-0.3, -0.25) is 9.59 Å². The number of rotatable bonds is 5. The number of carbonyl (C=O) groups excluding carboxylic acids is 2. The van der Waals surface area contributed by atoms with Gasteiger partial charge in [0.15, 0.2) is 0 Å². The summed E-state index contributed by atoms with van der Waals surface area (Å²) >= 11 is 0. The highest BCUT2D eigenvalue weighted by Gasteiger charge is 2.36. The third-order valence-electron chi connectivity index (χ3n) is 3.79. The third kappa shape index (κ3) is 3.82. The van der Waals surface area contributed by atoms with Gasteiger partial charge in [0, 0.05) is 25.8 Å². The number of aryl methyl sites for hydroxylation is 1. The Balaban J connectivity index is 1.95. The zero-order valence-corrected chi connectivity index (χ0v) is 12.8. The molecule has 1 N–H and O–H groups in total. The van der Waals surface area contributed by atoms with Crippen LogP contribution in [0.4, 0.5) is 5.69 Å². The van der Waals surface area contributed by atoms with Crippen LogP contribution in [0.3, 0.4) is 0 Å². The molecule has 2 rings (SSSR count). The van der Waals surface area contributed by atoms with Crippen LogP contribution < -0.4 is 5.32 Å². The minimum atomic E-state index is -0.293. The fourth-order valence-corrected chi connectivity index (χ4v) is 2.55. The number of benzene rings is 1. The molecule has 0 aromatic heterocycles. The molecule has 5 heteroatoms. The van der Waals surface area contributed by atoms with Crippen LogP contribution in [0.15, 0.2) is 24.3 Å². The summed E-state index contributed by atoms with van der Waals surface area (Å²) in [6.07, 6.45) is 0.270. The Morgan fingerprint density at radius 2 is 2.10 bits per heavy atom. The first kappa shape index (κ1) is 15.5. The first-order valence-electron chi connectivity index (χ1n) is 7.17. The number of methoxy groups -OCH3 is 1. The summed E-state index contributed by atoms with van der Waals surface area (Å²) in [4.78, 5) is 26.0. The average Bonchev–Trinajstić information content (AvgIpc) is 2.84. The van der Waals surface area contributed by atoms with E-state index >= 15 is 0 Å².